The molecule has 4 rings (SSSR count). The molecule has 1 N–H and O–H groups in total. The molecule has 7 heteroatoms. The summed E-state index contributed by atoms with van der Waals surface area (Å²) in [6.07, 6.45) is 8.68. The first-order valence-electron chi connectivity index (χ1n) is 9.26. The van der Waals surface area contributed by atoms with Gasteiger partial charge in [0.1, 0.15) is 0 Å². The van der Waals surface area contributed by atoms with Crippen LogP contribution in [0, 0.1) is 0 Å². The zero-order valence-corrected chi connectivity index (χ0v) is 15.9. The van der Waals surface area contributed by atoms with Crippen LogP contribution in [-0.4, -0.2) is 44.7 Å². The van der Waals surface area contributed by atoms with E-state index in [0.717, 1.165) is 37.2 Å². The van der Waals surface area contributed by atoms with E-state index in [1.807, 2.05) is 41.3 Å². The molecule has 0 aliphatic carbocycles. The van der Waals surface area contributed by atoms with Crippen LogP contribution in [0.2, 0.25) is 0 Å². The van der Waals surface area contributed by atoms with E-state index in [4.69, 9.17) is 0 Å². The number of carbonyl (C=O) groups excluding carboxylic acids is 1. The molecular formula is C20H23N5OS. The molecule has 1 saturated heterocycles. The fourth-order valence-corrected chi connectivity index (χ4v) is 4.38. The van der Waals surface area contributed by atoms with Gasteiger partial charge in [-0.25, -0.2) is 4.98 Å². The van der Waals surface area contributed by atoms with Crippen molar-refractivity contribution in [3.63, 3.8) is 0 Å². The van der Waals surface area contributed by atoms with Gasteiger partial charge in [-0.1, -0.05) is 30.3 Å². The number of amides is 1. The summed E-state index contributed by atoms with van der Waals surface area (Å²) < 4.78 is 1.94. The van der Waals surface area contributed by atoms with Crippen molar-refractivity contribution >= 4 is 22.4 Å². The van der Waals surface area contributed by atoms with Gasteiger partial charge in [-0.2, -0.15) is 5.10 Å². The molecule has 2 aromatic heterocycles. The number of nitrogens with one attached hydrogen (secondary N) is 1. The highest BCUT2D eigenvalue weighted by atomic mass is 32.1. The van der Waals surface area contributed by atoms with Gasteiger partial charge in [-0.3, -0.25) is 14.4 Å². The van der Waals surface area contributed by atoms with Crippen molar-refractivity contribution in [2.75, 3.05) is 18.4 Å². The predicted octanol–water partition coefficient (Wildman–Crippen LogP) is 3.03. The Kier molecular flexibility index (Phi) is 5.60. The number of nitrogens with zero attached hydrogens (tertiary/aromatic N) is 4. The summed E-state index contributed by atoms with van der Waals surface area (Å²) >= 11 is 1.54. The number of anilines is 1. The molecule has 1 aliphatic rings. The minimum absolute atomic E-state index is 0.00276. The summed E-state index contributed by atoms with van der Waals surface area (Å²) in [5.41, 5.74) is 1.25. The Balaban J connectivity index is 1.30. The van der Waals surface area contributed by atoms with Crippen molar-refractivity contribution in [3.8, 4) is 0 Å². The normalized spacial score (nSPS) is 17.3. The monoisotopic (exact) mass is 381 g/mol. The summed E-state index contributed by atoms with van der Waals surface area (Å²) in [4.78, 5) is 20.2. The van der Waals surface area contributed by atoms with Gasteiger partial charge in [0.05, 0.1) is 13.1 Å². The molecule has 6 nitrogen and oxygen atoms in total. The van der Waals surface area contributed by atoms with Gasteiger partial charge in [-0.15, -0.1) is 11.3 Å². The summed E-state index contributed by atoms with van der Waals surface area (Å²) in [5.74, 6) is 0.00276. The summed E-state index contributed by atoms with van der Waals surface area (Å²) in [7, 11) is 0. The van der Waals surface area contributed by atoms with Crippen LogP contribution in [0.3, 0.4) is 0 Å². The van der Waals surface area contributed by atoms with Crippen LogP contribution < -0.4 is 5.32 Å². The van der Waals surface area contributed by atoms with Crippen molar-refractivity contribution < 1.29 is 4.79 Å². The Hall–Kier alpha value is -2.51. The third-order valence-corrected chi connectivity index (χ3v) is 5.74. The standard InChI is InChI=1S/C20H23N5OS/c26-19(15-24-10-4-8-17(24)14-25-11-5-9-22-25)23-20-21-13-18(27-20)12-16-6-2-1-3-7-16/h1-3,5-7,9,11,13,17H,4,8,10,12,14-15H2,(H,21,23,26)/t17-/m0/s1. The van der Waals surface area contributed by atoms with E-state index in [1.165, 1.54) is 5.56 Å². The molecule has 3 heterocycles. The van der Waals surface area contributed by atoms with Crippen LogP contribution >= 0.6 is 11.3 Å². The molecule has 1 aromatic carbocycles. The smallest absolute Gasteiger partial charge is 0.240 e. The Morgan fingerprint density at radius 2 is 2.15 bits per heavy atom. The first-order valence-corrected chi connectivity index (χ1v) is 10.1. The lowest BCUT2D eigenvalue weighted by Crippen LogP contribution is -2.39. The Morgan fingerprint density at radius 3 is 2.96 bits per heavy atom. The van der Waals surface area contributed by atoms with E-state index in [0.29, 0.717) is 17.7 Å². The number of carbonyl (C=O) groups is 1. The molecule has 0 saturated carbocycles. The van der Waals surface area contributed by atoms with Crippen molar-refractivity contribution in [1.29, 1.82) is 0 Å². The largest absolute Gasteiger partial charge is 0.301 e. The van der Waals surface area contributed by atoms with Crippen molar-refractivity contribution in [1.82, 2.24) is 19.7 Å². The van der Waals surface area contributed by atoms with Crippen molar-refractivity contribution in [2.24, 2.45) is 0 Å². The van der Waals surface area contributed by atoms with E-state index in [1.54, 1.807) is 17.5 Å². The van der Waals surface area contributed by atoms with Crippen LogP contribution in [0.25, 0.3) is 0 Å². The summed E-state index contributed by atoms with van der Waals surface area (Å²) in [6, 6.07) is 12.6. The van der Waals surface area contributed by atoms with E-state index < -0.39 is 0 Å². The highest BCUT2D eigenvalue weighted by Gasteiger charge is 2.26. The topological polar surface area (TPSA) is 63.1 Å². The van der Waals surface area contributed by atoms with E-state index in [9.17, 15) is 4.79 Å². The average molecular weight is 382 g/mol. The van der Waals surface area contributed by atoms with E-state index >= 15 is 0 Å². The quantitative estimate of drug-likeness (QED) is 0.683. The minimum Gasteiger partial charge on any atom is -0.301 e. The van der Waals surface area contributed by atoms with Crippen LogP contribution in [0.5, 0.6) is 0 Å². The number of hydrogen-bond donors (Lipinski definition) is 1. The SMILES string of the molecule is O=C(CN1CCC[C@H]1Cn1cccn1)Nc1ncc(Cc2ccccc2)s1. The number of benzene rings is 1. The Labute approximate surface area is 162 Å². The van der Waals surface area contributed by atoms with Crippen LogP contribution in [-0.2, 0) is 17.8 Å². The van der Waals surface area contributed by atoms with Gasteiger partial charge in [0.25, 0.3) is 0 Å². The molecule has 3 aromatic rings. The maximum absolute atomic E-state index is 12.5. The maximum Gasteiger partial charge on any atom is 0.240 e. The second-order valence-corrected chi connectivity index (χ2v) is 7.95. The lowest BCUT2D eigenvalue weighted by molar-refractivity contribution is -0.117. The molecule has 27 heavy (non-hydrogen) atoms. The zero-order chi connectivity index (χ0) is 18.5. The zero-order valence-electron chi connectivity index (χ0n) is 15.1. The molecule has 0 spiro atoms. The molecule has 0 radical (unpaired) electrons. The first kappa shape index (κ1) is 17.9. The molecule has 1 aliphatic heterocycles. The number of thiazole rings is 1. The number of hydrogen-bond acceptors (Lipinski definition) is 5. The van der Waals surface area contributed by atoms with Crippen molar-refractivity contribution in [3.05, 3.63) is 65.4 Å². The molecular weight excluding hydrogens is 358 g/mol. The fraction of sp³-hybridized carbons (Fsp3) is 0.350. The molecule has 1 amide bonds. The Morgan fingerprint density at radius 1 is 1.26 bits per heavy atom. The minimum atomic E-state index is 0.00276. The second-order valence-electron chi connectivity index (χ2n) is 6.84. The average Bonchev–Trinajstić information content (AvgIpc) is 3.41. The predicted molar refractivity (Wildman–Crippen MR) is 107 cm³/mol. The molecule has 140 valence electrons. The molecule has 0 unspecified atom stereocenters. The van der Waals surface area contributed by atoms with Gasteiger partial charge in [0, 0.05) is 35.9 Å². The fourth-order valence-electron chi connectivity index (χ4n) is 3.52. The number of likely N-dealkylation sites (tertiary alicyclic amines) is 1. The van der Waals surface area contributed by atoms with Gasteiger partial charge in [0.15, 0.2) is 5.13 Å². The van der Waals surface area contributed by atoms with Gasteiger partial charge in [0.2, 0.25) is 5.91 Å². The molecule has 1 fully saturated rings. The van der Waals surface area contributed by atoms with Gasteiger partial charge in [-0.05, 0) is 31.0 Å². The van der Waals surface area contributed by atoms with Crippen molar-refractivity contribution in [2.45, 2.75) is 31.8 Å². The number of rotatable bonds is 7. The summed E-state index contributed by atoms with van der Waals surface area (Å²) in [6.45, 7) is 2.19. The second kappa shape index (κ2) is 8.45. The first-order chi connectivity index (χ1) is 13.3. The third kappa shape index (κ3) is 4.81. The van der Waals surface area contributed by atoms with Gasteiger partial charge >= 0.3 is 0 Å². The lowest BCUT2D eigenvalue weighted by atomic mass is 10.1. The lowest BCUT2D eigenvalue weighted by Gasteiger charge is -2.23. The highest BCUT2D eigenvalue weighted by Crippen LogP contribution is 2.22. The Bertz CT molecular complexity index is 862. The van der Waals surface area contributed by atoms with E-state index in [-0.39, 0.29) is 5.91 Å². The van der Waals surface area contributed by atoms with Gasteiger partial charge < -0.3 is 5.32 Å². The highest BCUT2D eigenvalue weighted by molar-refractivity contribution is 7.15. The van der Waals surface area contributed by atoms with Crippen LogP contribution in [0.15, 0.2) is 55.0 Å². The third-order valence-electron chi connectivity index (χ3n) is 4.82. The van der Waals surface area contributed by atoms with Crippen LogP contribution in [0.4, 0.5) is 5.13 Å². The van der Waals surface area contributed by atoms with E-state index in [2.05, 4.69) is 32.4 Å². The summed E-state index contributed by atoms with van der Waals surface area (Å²) in [5, 5.41) is 7.91. The number of aromatic nitrogens is 3. The van der Waals surface area contributed by atoms with Crippen LogP contribution in [0.1, 0.15) is 23.3 Å². The molecule has 0 bridgehead atoms. The molecule has 1 atom stereocenters. The maximum atomic E-state index is 12.5.